The maximum absolute atomic E-state index is 12.3. The van der Waals surface area contributed by atoms with E-state index in [1.807, 2.05) is 56.5 Å². The van der Waals surface area contributed by atoms with E-state index in [-0.39, 0.29) is 24.1 Å². The van der Waals surface area contributed by atoms with Gasteiger partial charge < -0.3 is 15.2 Å². The summed E-state index contributed by atoms with van der Waals surface area (Å²) < 4.78 is 1.94. The number of nitrogens with zero attached hydrogens (tertiary/aromatic N) is 3. The number of amides is 2. The zero-order chi connectivity index (χ0) is 23.3. The van der Waals surface area contributed by atoms with Gasteiger partial charge in [-0.1, -0.05) is 41.1 Å². The fraction of sp³-hybridized carbons (Fsp3) is 0.304. The van der Waals surface area contributed by atoms with Crippen molar-refractivity contribution in [2.24, 2.45) is 0 Å². The molecule has 32 heavy (non-hydrogen) atoms. The number of nitrogens with one attached hydrogen (secondary N) is 2. The molecule has 0 fully saturated rings. The molecule has 0 aliphatic rings. The normalized spacial score (nSPS) is 10.8. The Kier molecular flexibility index (Phi) is 7.93. The topological polar surface area (TPSA) is 88.9 Å². The van der Waals surface area contributed by atoms with Gasteiger partial charge in [-0.25, -0.2) is 0 Å². The lowest BCUT2D eigenvalue weighted by atomic mass is 10.1. The van der Waals surface area contributed by atoms with E-state index < -0.39 is 0 Å². The second-order valence-corrected chi connectivity index (χ2v) is 8.82. The molecule has 0 saturated carbocycles. The summed E-state index contributed by atoms with van der Waals surface area (Å²) in [5, 5.41) is 15.3. The van der Waals surface area contributed by atoms with Crippen molar-refractivity contribution in [1.29, 1.82) is 0 Å². The highest BCUT2D eigenvalue weighted by Crippen LogP contribution is 2.25. The highest BCUT2D eigenvalue weighted by molar-refractivity contribution is 7.99. The molecule has 7 nitrogen and oxygen atoms in total. The van der Waals surface area contributed by atoms with Crippen molar-refractivity contribution < 1.29 is 9.59 Å². The molecule has 0 aliphatic carbocycles. The Balaban J connectivity index is 1.54. The smallest absolute Gasteiger partial charge is 0.243 e. The van der Waals surface area contributed by atoms with Crippen LogP contribution in [0.5, 0.6) is 0 Å². The first-order chi connectivity index (χ1) is 15.3. The number of hydrogen-bond donors (Lipinski definition) is 2. The van der Waals surface area contributed by atoms with Gasteiger partial charge in [0.1, 0.15) is 0 Å². The number of carbonyl (C=O) groups excluding carboxylic acids is 2. The average molecular weight is 472 g/mol. The van der Waals surface area contributed by atoms with Gasteiger partial charge >= 0.3 is 0 Å². The van der Waals surface area contributed by atoms with Gasteiger partial charge in [-0.05, 0) is 63.1 Å². The van der Waals surface area contributed by atoms with Crippen molar-refractivity contribution in [2.45, 2.75) is 39.4 Å². The van der Waals surface area contributed by atoms with E-state index in [1.54, 1.807) is 12.1 Å². The molecule has 9 heteroatoms. The van der Waals surface area contributed by atoms with Crippen LogP contribution in [-0.4, -0.2) is 38.9 Å². The SMILES string of the molecule is CCn1c(SCC(=O)NCC(=O)Nc2c(C)cc(C)cc2C)nnc1-c1ccc(Cl)cc1. The standard InChI is InChI=1S/C23H26ClN5O2S/c1-5-29-22(17-6-8-18(24)9-7-17)27-28-23(29)32-13-20(31)25-12-19(30)26-21-15(3)10-14(2)11-16(21)4/h6-11H,5,12-13H2,1-4H3,(H,25,31)(H,26,30). The number of halogens is 1. The molecule has 0 atom stereocenters. The first-order valence-electron chi connectivity index (χ1n) is 10.2. The summed E-state index contributed by atoms with van der Waals surface area (Å²) in [6, 6.07) is 11.4. The second-order valence-electron chi connectivity index (χ2n) is 7.44. The van der Waals surface area contributed by atoms with Crippen LogP contribution in [0.2, 0.25) is 5.02 Å². The zero-order valence-electron chi connectivity index (χ0n) is 18.5. The maximum Gasteiger partial charge on any atom is 0.243 e. The molecule has 0 unspecified atom stereocenters. The van der Waals surface area contributed by atoms with Gasteiger partial charge in [0.05, 0.1) is 12.3 Å². The number of thioether (sulfide) groups is 1. The molecule has 3 aromatic rings. The molecule has 0 saturated heterocycles. The van der Waals surface area contributed by atoms with Crippen LogP contribution >= 0.6 is 23.4 Å². The molecule has 0 aliphatic heterocycles. The third kappa shape index (κ3) is 5.89. The van der Waals surface area contributed by atoms with Gasteiger partial charge in [0.25, 0.3) is 0 Å². The quantitative estimate of drug-likeness (QED) is 0.475. The Morgan fingerprint density at radius 2 is 1.69 bits per heavy atom. The summed E-state index contributed by atoms with van der Waals surface area (Å²) in [6.45, 7) is 8.47. The predicted molar refractivity (Wildman–Crippen MR) is 129 cm³/mol. The molecule has 1 heterocycles. The Morgan fingerprint density at radius 1 is 1.03 bits per heavy atom. The molecule has 1 aromatic heterocycles. The van der Waals surface area contributed by atoms with E-state index in [4.69, 9.17) is 11.6 Å². The van der Waals surface area contributed by atoms with E-state index >= 15 is 0 Å². The van der Waals surface area contributed by atoms with E-state index in [2.05, 4.69) is 20.8 Å². The Labute approximate surface area is 197 Å². The van der Waals surface area contributed by atoms with Crippen LogP contribution in [-0.2, 0) is 16.1 Å². The average Bonchev–Trinajstić information content (AvgIpc) is 3.16. The lowest BCUT2D eigenvalue weighted by Gasteiger charge is -2.13. The van der Waals surface area contributed by atoms with E-state index in [0.717, 1.165) is 33.8 Å². The van der Waals surface area contributed by atoms with Gasteiger partial charge in [0.2, 0.25) is 11.8 Å². The maximum atomic E-state index is 12.3. The minimum absolute atomic E-state index is 0.0946. The van der Waals surface area contributed by atoms with E-state index in [0.29, 0.717) is 16.7 Å². The zero-order valence-corrected chi connectivity index (χ0v) is 20.1. The number of rotatable bonds is 8. The third-order valence-electron chi connectivity index (χ3n) is 4.86. The second kappa shape index (κ2) is 10.7. The highest BCUT2D eigenvalue weighted by atomic mass is 35.5. The van der Waals surface area contributed by atoms with E-state index in [1.165, 1.54) is 11.8 Å². The lowest BCUT2D eigenvalue weighted by molar-refractivity contribution is -0.122. The van der Waals surface area contributed by atoms with Crippen LogP contribution in [0.1, 0.15) is 23.6 Å². The minimum atomic E-state index is -0.264. The van der Waals surface area contributed by atoms with Gasteiger partial charge in [0.15, 0.2) is 11.0 Å². The summed E-state index contributed by atoms with van der Waals surface area (Å²) in [6.07, 6.45) is 0. The monoisotopic (exact) mass is 471 g/mol. The van der Waals surface area contributed by atoms with Crippen LogP contribution in [0.15, 0.2) is 41.6 Å². The Morgan fingerprint density at radius 3 is 2.31 bits per heavy atom. The van der Waals surface area contributed by atoms with Crippen LogP contribution in [0, 0.1) is 20.8 Å². The first-order valence-corrected chi connectivity index (χ1v) is 11.6. The predicted octanol–water partition coefficient (Wildman–Crippen LogP) is 4.39. The summed E-state index contributed by atoms with van der Waals surface area (Å²) >= 11 is 7.24. The van der Waals surface area contributed by atoms with Crippen LogP contribution in [0.3, 0.4) is 0 Å². The molecule has 0 spiro atoms. The first kappa shape index (κ1) is 23.8. The number of aromatic nitrogens is 3. The third-order valence-corrected chi connectivity index (χ3v) is 6.07. The number of anilines is 1. The molecule has 168 valence electrons. The molecule has 0 radical (unpaired) electrons. The summed E-state index contributed by atoms with van der Waals surface area (Å²) in [5.74, 6) is 0.339. The van der Waals surface area contributed by atoms with Gasteiger partial charge in [-0.2, -0.15) is 0 Å². The molecule has 2 N–H and O–H groups in total. The number of benzene rings is 2. The van der Waals surface area contributed by atoms with Crippen molar-refractivity contribution in [3.8, 4) is 11.4 Å². The van der Waals surface area contributed by atoms with E-state index in [9.17, 15) is 9.59 Å². The van der Waals surface area contributed by atoms with Gasteiger partial charge in [-0.15, -0.1) is 10.2 Å². The molecule has 2 aromatic carbocycles. The van der Waals surface area contributed by atoms with Gasteiger partial charge in [0, 0.05) is 22.8 Å². The fourth-order valence-corrected chi connectivity index (χ4v) is 4.37. The molecule has 0 bridgehead atoms. The number of hydrogen-bond acceptors (Lipinski definition) is 5. The molecular formula is C23H26ClN5O2S. The Bertz CT molecular complexity index is 1100. The van der Waals surface area contributed by atoms with Crippen LogP contribution in [0.4, 0.5) is 5.69 Å². The van der Waals surface area contributed by atoms with Crippen molar-refractivity contribution in [3.05, 3.63) is 58.1 Å². The van der Waals surface area contributed by atoms with Crippen molar-refractivity contribution in [2.75, 3.05) is 17.6 Å². The van der Waals surface area contributed by atoms with Crippen molar-refractivity contribution >= 4 is 40.9 Å². The largest absolute Gasteiger partial charge is 0.346 e. The summed E-state index contributed by atoms with van der Waals surface area (Å²) in [5.41, 5.74) is 4.82. The number of aryl methyl sites for hydroxylation is 3. The molecule has 3 rings (SSSR count). The summed E-state index contributed by atoms with van der Waals surface area (Å²) in [4.78, 5) is 24.6. The van der Waals surface area contributed by atoms with Crippen molar-refractivity contribution in [3.63, 3.8) is 0 Å². The minimum Gasteiger partial charge on any atom is -0.346 e. The fourth-order valence-electron chi connectivity index (χ4n) is 3.41. The van der Waals surface area contributed by atoms with Gasteiger partial charge in [-0.3, -0.25) is 9.59 Å². The highest BCUT2D eigenvalue weighted by Gasteiger charge is 2.15. The Hall–Kier alpha value is -2.84. The van der Waals surface area contributed by atoms with Crippen LogP contribution in [0.25, 0.3) is 11.4 Å². The lowest BCUT2D eigenvalue weighted by Crippen LogP contribution is -2.34. The molecule has 2 amide bonds. The van der Waals surface area contributed by atoms with Crippen LogP contribution < -0.4 is 10.6 Å². The summed E-state index contributed by atoms with van der Waals surface area (Å²) in [7, 11) is 0. The molecular weight excluding hydrogens is 446 g/mol. The van der Waals surface area contributed by atoms with Crippen molar-refractivity contribution in [1.82, 2.24) is 20.1 Å². The number of carbonyl (C=O) groups is 2.